The molecule has 1 heterocycles. The van der Waals surface area contributed by atoms with E-state index in [-0.39, 0.29) is 18.0 Å². The molecular weight excluding hydrogens is 264 g/mol. The summed E-state index contributed by atoms with van der Waals surface area (Å²) in [5.41, 5.74) is 5.55. The van der Waals surface area contributed by atoms with Crippen molar-refractivity contribution >= 4 is 5.95 Å². The molecule has 8 nitrogen and oxygen atoms in total. The van der Waals surface area contributed by atoms with Gasteiger partial charge in [0.05, 0.1) is 21.3 Å². The highest BCUT2D eigenvalue weighted by Gasteiger charge is 2.15. The molecule has 0 aliphatic carbocycles. The van der Waals surface area contributed by atoms with Gasteiger partial charge in [-0.2, -0.15) is 9.97 Å². The second-order valence-corrected chi connectivity index (χ2v) is 3.56. The summed E-state index contributed by atoms with van der Waals surface area (Å²) >= 11 is 0. The van der Waals surface area contributed by atoms with Gasteiger partial charge < -0.3 is 24.7 Å². The van der Waals surface area contributed by atoms with Gasteiger partial charge in [-0.25, -0.2) is 0 Å². The fraction of sp³-hybridized carbons (Fsp3) is 0.250. The molecule has 0 amide bonds. The Kier molecular flexibility index (Phi) is 4.04. The fourth-order valence-electron chi connectivity index (χ4n) is 1.50. The van der Waals surface area contributed by atoms with Crippen molar-refractivity contribution in [3.63, 3.8) is 0 Å². The first-order valence-electron chi connectivity index (χ1n) is 5.62. The topological polar surface area (TPSA) is 102 Å². The summed E-state index contributed by atoms with van der Waals surface area (Å²) in [6.07, 6.45) is 0. The van der Waals surface area contributed by atoms with Crippen LogP contribution in [0.2, 0.25) is 0 Å². The number of hydrogen-bond acceptors (Lipinski definition) is 8. The molecule has 1 aromatic carbocycles. The molecule has 0 bridgehead atoms. The quantitative estimate of drug-likeness (QED) is 0.872. The van der Waals surface area contributed by atoms with E-state index in [1.165, 1.54) is 21.3 Å². The summed E-state index contributed by atoms with van der Waals surface area (Å²) in [4.78, 5) is 11.6. The van der Waals surface area contributed by atoms with E-state index in [0.29, 0.717) is 17.2 Å². The Balaban J connectivity index is 2.41. The third-order valence-corrected chi connectivity index (χ3v) is 2.37. The first-order chi connectivity index (χ1) is 9.67. The van der Waals surface area contributed by atoms with Crippen molar-refractivity contribution in [2.24, 2.45) is 0 Å². The van der Waals surface area contributed by atoms with Gasteiger partial charge in [0.1, 0.15) is 0 Å². The van der Waals surface area contributed by atoms with Crippen LogP contribution in [0.5, 0.6) is 29.3 Å². The van der Waals surface area contributed by atoms with Crippen molar-refractivity contribution in [1.29, 1.82) is 0 Å². The summed E-state index contributed by atoms with van der Waals surface area (Å²) < 4.78 is 20.9. The first kappa shape index (κ1) is 13.7. The van der Waals surface area contributed by atoms with Crippen LogP contribution in [-0.4, -0.2) is 36.3 Å². The minimum Gasteiger partial charge on any atom is -0.493 e. The minimum atomic E-state index is -0.0165. The Hall–Kier alpha value is -2.77. The van der Waals surface area contributed by atoms with E-state index >= 15 is 0 Å². The molecule has 0 atom stereocenters. The Labute approximate surface area is 115 Å². The number of anilines is 1. The van der Waals surface area contributed by atoms with Crippen LogP contribution in [0.3, 0.4) is 0 Å². The molecule has 0 unspecified atom stereocenters. The Bertz CT molecular complexity index is 584. The van der Waals surface area contributed by atoms with Crippen molar-refractivity contribution in [3.05, 3.63) is 18.2 Å². The summed E-state index contributed by atoms with van der Waals surface area (Å²) in [6.45, 7) is 0. The van der Waals surface area contributed by atoms with Gasteiger partial charge in [-0.15, -0.1) is 4.98 Å². The molecule has 20 heavy (non-hydrogen) atoms. The highest BCUT2D eigenvalue weighted by atomic mass is 16.5. The van der Waals surface area contributed by atoms with Crippen molar-refractivity contribution < 1.29 is 18.9 Å². The van der Waals surface area contributed by atoms with Gasteiger partial charge in [0.2, 0.25) is 11.7 Å². The molecular formula is C12H14N4O4. The van der Waals surface area contributed by atoms with Crippen LogP contribution in [0.1, 0.15) is 0 Å². The van der Waals surface area contributed by atoms with E-state index in [1.54, 1.807) is 18.2 Å². The molecule has 0 spiro atoms. The molecule has 0 aliphatic heterocycles. The van der Waals surface area contributed by atoms with Crippen LogP contribution in [0.15, 0.2) is 18.2 Å². The average Bonchev–Trinajstić information content (AvgIpc) is 2.46. The van der Waals surface area contributed by atoms with Gasteiger partial charge >= 0.3 is 12.0 Å². The summed E-state index contributed by atoms with van der Waals surface area (Å²) in [5.74, 6) is 1.27. The fourth-order valence-corrected chi connectivity index (χ4v) is 1.50. The molecule has 0 fully saturated rings. The van der Waals surface area contributed by atoms with Gasteiger partial charge in [0.25, 0.3) is 0 Å². The van der Waals surface area contributed by atoms with E-state index in [2.05, 4.69) is 15.0 Å². The van der Waals surface area contributed by atoms with Gasteiger partial charge in [0.15, 0.2) is 11.5 Å². The number of methoxy groups -OCH3 is 3. The van der Waals surface area contributed by atoms with E-state index < -0.39 is 0 Å². The lowest BCUT2D eigenvalue weighted by atomic mass is 10.3. The van der Waals surface area contributed by atoms with Gasteiger partial charge in [-0.1, -0.05) is 6.07 Å². The molecule has 106 valence electrons. The lowest BCUT2D eigenvalue weighted by Crippen LogP contribution is -2.04. The van der Waals surface area contributed by atoms with Crippen molar-refractivity contribution in [3.8, 4) is 29.3 Å². The van der Waals surface area contributed by atoms with Gasteiger partial charge in [-0.3, -0.25) is 0 Å². The maximum absolute atomic E-state index is 5.57. The van der Waals surface area contributed by atoms with Crippen molar-refractivity contribution in [1.82, 2.24) is 15.0 Å². The monoisotopic (exact) mass is 278 g/mol. The van der Waals surface area contributed by atoms with E-state index in [4.69, 9.17) is 24.7 Å². The van der Waals surface area contributed by atoms with Gasteiger partial charge in [-0.05, 0) is 12.1 Å². The molecule has 1 aromatic heterocycles. The maximum atomic E-state index is 5.57. The third kappa shape index (κ3) is 2.79. The average molecular weight is 278 g/mol. The number of aromatic nitrogens is 3. The highest BCUT2D eigenvalue weighted by molar-refractivity contribution is 5.52. The number of benzene rings is 1. The zero-order valence-electron chi connectivity index (χ0n) is 11.3. The Morgan fingerprint density at radius 2 is 1.45 bits per heavy atom. The van der Waals surface area contributed by atoms with E-state index in [9.17, 15) is 0 Å². The predicted octanol–water partition coefficient (Wildman–Crippen LogP) is 1.27. The smallest absolute Gasteiger partial charge is 0.330 e. The molecule has 2 rings (SSSR count). The van der Waals surface area contributed by atoms with Crippen LogP contribution in [0, 0.1) is 0 Å². The van der Waals surface area contributed by atoms with Crippen molar-refractivity contribution in [2.75, 3.05) is 27.1 Å². The summed E-state index contributed by atoms with van der Waals surface area (Å²) in [7, 11) is 4.45. The van der Waals surface area contributed by atoms with Crippen LogP contribution < -0.4 is 24.7 Å². The highest BCUT2D eigenvalue weighted by Crippen LogP contribution is 2.39. The normalized spacial score (nSPS) is 9.95. The zero-order valence-corrected chi connectivity index (χ0v) is 11.3. The molecule has 0 radical (unpaired) electrons. The van der Waals surface area contributed by atoms with Crippen LogP contribution in [0.4, 0.5) is 5.95 Å². The number of para-hydroxylation sites is 1. The summed E-state index contributed by atoms with van der Waals surface area (Å²) in [5, 5.41) is 0. The number of hydrogen-bond donors (Lipinski definition) is 1. The second kappa shape index (κ2) is 5.91. The minimum absolute atomic E-state index is 0.0132. The van der Waals surface area contributed by atoms with Crippen molar-refractivity contribution in [2.45, 2.75) is 0 Å². The number of nitrogens with two attached hydrogens (primary N) is 1. The summed E-state index contributed by atoms with van der Waals surface area (Å²) in [6, 6.07) is 5.25. The van der Waals surface area contributed by atoms with E-state index in [1.807, 2.05) is 0 Å². The standard InChI is InChI=1S/C12H14N4O4/c1-17-7-5-4-6-8(18-2)9(7)20-12-15-10(13)14-11(16-12)19-3/h4-6H,1-3H3,(H2,13,14,15,16). The van der Waals surface area contributed by atoms with Crippen LogP contribution >= 0.6 is 0 Å². The largest absolute Gasteiger partial charge is 0.493 e. The molecule has 8 heteroatoms. The Morgan fingerprint density at radius 3 is 2.00 bits per heavy atom. The third-order valence-electron chi connectivity index (χ3n) is 2.37. The molecule has 2 N–H and O–H groups in total. The van der Waals surface area contributed by atoms with Crippen LogP contribution in [0.25, 0.3) is 0 Å². The van der Waals surface area contributed by atoms with Crippen LogP contribution in [-0.2, 0) is 0 Å². The van der Waals surface area contributed by atoms with Gasteiger partial charge in [0, 0.05) is 0 Å². The second-order valence-electron chi connectivity index (χ2n) is 3.56. The SMILES string of the molecule is COc1nc(N)nc(Oc2c(OC)cccc2OC)n1. The number of nitrogen functional groups attached to an aromatic ring is 1. The van der Waals surface area contributed by atoms with E-state index in [0.717, 1.165) is 0 Å². The lowest BCUT2D eigenvalue weighted by Gasteiger charge is -2.12. The maximum Gasteiger partial charge on any atom is 0.330 e. The molecule has 0 aliphatic rings. The number of ether oxygens (including phenoxy) is 4. The predicted molar refractivity (Wildman–Crippen MR) is 70.4 cm³/mol. The number of nitrogens with zero attached hydrogens (tertiary/aromatic N) is 3. The zero-order chi connectivity index (χ0) is 14.5. The lowest BCUT2D eigenvalue weighted by molar-refractivity contribution is 0.326. The first-order valence-corrected chi connectivity index (χ1v) is 5.62. The molecule has 2 aromatic rings. The molecule has 0 saturated carbocycles. The Morgan fingerprint density at radius 1 is 0.850 bits per heavy atom. The number of rotatable bonds is 5. The molecule has 0 saturated heterocycles.